The molecule has 0 amide bonds. The second kappa shape index (κ2) is 11.3. The van der Waals surface area contributed by atoms with Crippen LogP contribution in [-0.2, 0) is 26.2 Å². The van der Waals surface area contributed by atoms with Gasteiger partial charge in [-0.15, -0.1) is 27.6 Å². The molecule has 0 N–H and O–H groups in total. The monoisotopic (exact) mass is 467 g/mol. The third-order valence-electron chi connectivity index (χ3n) is 4.93. The van der Waals surface area contributed by atoms with Crippen LogP contribution in [0.3, 0.4) is 0 Å². The molecule has 0 spiro atoms. The third-order valence-corrected chi connectivity index (χ3v) is 4.93. The van der Waals surface area contributed by atoms with Gasteiger partial charge in [0.25, 0.3) is 0 Å². The molecular formula is C21H27Cl2N2Zr. The van der Waals surface area contributed by atoms with Crippen LogP contribution in [0, 0.1) is 0 Å². The van der Waals surface area contributed by atoms with Gasteiger partial charge in [-0.05, 0) is 27.7 Å². The van der Waals surface area contributed by atoms with Crippen LogP contribution in [0.15, 0.2) is 42.5 Å². The number of halogens is 2. The van der Waals surface area contributed by atoms with Crippen LogP contribution in [0.2, 0.25) is 0 Å². The van der Waals surface area contributed by atoms with Crippen molar-refractivity contribution in [2.75, 3.05) is 36.0 Å². The molecular weight excluding hydrogens is 442 g/mol. The second-order valence-electron chi connectivity index (χ2n) is 6.03. The van der Waals surface area contributed by atoms with Crippen molar-refractivity contribution in [3.05, 3.63) is 42.5 Å². The average Bonchev–Trinajstić information content (AvgIpc) is 2.94. The number of hydrogen-bond acceptors (Lipinski definition) is 2. The zero-order chi connectivity index (χ0) is 16.4. The van der Waals surface area contributed by atoms with Crippen LogP contribution in [0.25, 0.3) is 21.5 Å². The minimum absolute atomic E-state index is 0. The molecule has 0 saturated heterocycles. The maximum Gasteiger partial charge on any atom is 3.00 e. The Morgan fingerprint density at radius 1 is 0.654 bits per heavy atom. The van der Waals surface area contributed by atoms with Gasteiger partial charge in [0.2, 0.25) is 0 Å². The molecule has 0 saturated carbocycles. The summed E-state index contributed by atoms with van der Waals surface area (Å²) < 4.78 is 0. The van der Waals surface area contributed by atoms with Gasteiger partial charge >= 0.3 is 26.2 Å². The van der Waals surface area contributed by atoms with E-state index < -0.39 is 0 Å². The van der Waals surface area contributed by atoms with E-state index in [0.29, 0.717) is 0 Å². The first-order valence-corrected chi connectivity index (χ1v) is 8.84. The normalized spacial score (nSPS) is 10.0. The van der Waals surface area contributed by atoms with Gasteiger partial charge in [-0.1, -0.05) is 36.4 Å². The van der Waals surface area contributed by atoms with Gasteiger partial charge in [0, 0.05) is 37.6 Å². The fourth-order valence-corrected chi connectivity index (χ4v) is 3.57. The number of anilines is 2. The molecule has 0 aliphatic rings. The first kappa shape index (κ1) is 25.4. The van der Waals surface area contributed by atoms with Crippen molar-refractivity contribution in [2.45, 2.75) is 27.7 Å². The van der Waals surface area contributed by atoms with Gasteiger partial charge in [0.15, 0.2) is 0 Å². The molecule has 0 aromatic heterocycles. The molecule has 5 heteroatoms. The summed E-state index contributed by atoms with van der Waals surface area (Å²) in [6, 6.07) is 16.1. The van der Waals surface area contributed by atoms with Gasteiger partial charge in [0.05, 0.1) is 0 Å². The van der Waals surface area contributed by atoms with E-state index in [0.717, 1.165) is 26.2 Å². The SMILES string of the molecule is CCN(CC)c1ccc2c(c1)[cH-]c1cc(N(CC)CC)ccc12.[Cl-].[Cl-].[Zr+3]. The minimum atomic E-state index is 0. The summed E-state index contributed by atoms with van der Waals surface area (Å²) in [4.78, 5) is 4.80. The van der Waals surface area contributed by atoms with Crippen LogP contribution in [0.5, 0.6) is 0 Å². The van der Waals surface area contributed by atoms with E-state index in [-0.39, 0.29) is 51.0 Å². The van der Waals surface area contributed by atoms with Gasteiger partial charge in [0.1, 0.15) is 0 Å². The smallest absolute Gasteiger partial charge is 1.00 e. The molecule has 0 aliphatic carbocycles. The topological polar surface area (TPSA) is 6.48 Å². The molecule has 139 valence electrons. The Balaban J connectivity index is 0.00000208. The van der Waals surface area contributed by atoms with E-state index in [1.54, 1.807) is 0 Å². The Morgan fingerprint density at radius 2 is 1.00 bits per heavy atom. The molecule has 1 radical (unpaired) electrons. The molecule has 26 heavy (non-hydrogen) atoms. The Morgan fingerprint density at radius 3 is 1.31 bits per heavy atom. The molecule has 3 aromatic carbocycles. The number of fused-ring (bicyclic) bond motifs is 3. The molecule has 0 bridgehead atoms. The maximum absolute atomic E-state index is 2.40. The fourth-order valence-electron chi connectivity index (χ4n) is 3.57. The zero-order valence-corrected chi connectivity index (χ0v) is 20.0. The van der Waals surface area contributed by atoms with E-state index in [2.05, 4.69) is 80.0 Å². The number of benzene rings is 2. The van der Waals surface area contributed by atoms with Crippen LogP contribution >= 0.6 is 0 Å². The number of rotatable bonds is 6. The van der Waals surface area contributed by atoms with Gasteiger partial charge < -0.3 is 34.6 Å². The van der Waals surface area contributed by atoms with Gasteiger partial charge in [-0.3, -0.25) is 0 Å². The maximum atomic E-state index is 2.40. The van der Waals surface area contributed by atoms with Crippen LogP contribution in [-0.4, -0.2) is 26.2 Å². The van der Waals surface area contributed by atoms with Crippen molar-refractivity contribution in [3.63, 3.8) is 0 Å². The van der Waals surface area contributed by atoms with Crippen LogP contribution in [0.1, 0.15) is 27.7 Å². The summed E-state index contributed by atoms with van der Waals surface area (Å²) in [6.07, 6.45) is 0. The predicted octanol–water partition coefficient (Wildman–Crippen LogP) is -0.590. The van der Waals surface area contributed by atoms with Crippen molar-refractivity contribution < 1.29 is 51.0 Å². The minimum Gasteiger partial charge on any atom is -1.00 e. The summed E-state index contributed by atoms with van der Waals surface area (Å²) in [6.45, 7) is 13.1. The Bertz CT molecular complexity index is 742. The van der Waals surface area contributed by atoms with Crippen molar-refractivity contribution >= 4 is 32.9 Å². The molecule has 0 heterocycles. The standard InChI is InChI=1S/C21H27N2.2ClH.Zr/c1-5-22(6-2)18-9-11-20-16(14-18)13-17-15-19(10-12-21(17)20)23(7-3)8-4;;;/h9-15H,5-8H2,1-4H3;2*1H;/q-1;;;+3/p-2. The summed E-state index contributed by atoms with van der Waals surface area (Å²) in [7, 11) is 0. The molecule has 2 nitrogen and oxygen atoms in total. The Kier molecular flexibility index (Phi) is 11.0. The van der Waals surface area contributed by atoms with Gasteiger partial charge in [-0.25, -0.2) is 0 Å². The van der Waals surface area contributed by atoms with E-state index in [4.69, 9.17) is 0 Å². The van der Waals surface area contributed by atoms with Crippen molar-refractivity contribution in [1.82, 2.24) is 0 Å². The Labute approximate surface area is 189 Å². The molecule has 0 unspecified atom stereocenters. The molecule has 0 aliphatic heterocycles. The van der Waals surface area contributed by atoms with E-state index in [1.165, 1.54) is 32.9 Å². The van der Waals surface area contributed by atoms with Crippen LogP contribution < -0.4 is 34.6 Å². The van der Waals surface area contributed by atoms with Crippen LogP contribution in [0.4, 0.5) is 11.4 Å². The molecule has 0 atom stereocenters. The van der Waals surface area contributed by atoms with Crippen molar-refractivity contribution in [2.24, 2.45) is 0 Å². The van der Waals surface area contributed by atoms with E-state index in [1.807, 2.05) is 0 Å². The average molecular weight is 470 g/mol. The van der Waals surface area contributed by atoms with Crippen molar-refractivity contribution in [1.29, 1.82) is 0 Å². The van der Waals surface area contributed by atoms with Crippen molar-refractivity contribution in [3.8, 4) is 0 Å². The third kappa shape index (κ3) is 4.80. The quantitative estimate of drug-likeness (QED) is 0.446. The van der Waals surface area contributed by atoms with E-state index >= 15 is 0 Å². The molecule has 3 aromatic rings. The molecule has 3 rings (SSSR count). The largest absolute Gasteiger partial charge is 3.00 e. The summed E-state index contributed by atoms with van der Waals surface area (Å²) in [5.41, 5.74) is 2.64. The summed E-state index contributed by atoms with van der Waals surface area (Å²) in [5, 5.41) is 5.42. The molecule has 0 fully saturated rings. The van der Waals surface area contributed by atoms with E-state index in [9.17, 15) is 0 Å². The first-order valence-electron chi connectivity index (χ1n) is 8.84. The number of nitrogens with zero attached hydrogens (tertiary/aromatic N) is 2. The fraction of sp³-hybridized carbons (Fsp3) is 0.381. The zero-order valence-electron chi connectivity index (χ0n) is 16.0. The second-order valence-corrected chi connectivity index (χ2v) is 6.03. The Hall–Kier alpha value is -0.627. The first-order chi connectivity index (χ1) is 11.2. The predicted molar refractivity (Wildman–Crippen MR) is 104 cm³/mol. The summed E-state index contributed by atoms with van der Waals surface area (Å²) in [5.74, 6) is 0. The summed E-state index contributed by atoms with van der Waals surface area (Å²) >= 11 is 0. The van der Waals surface area contributed by atoms with Gasteiger partial charge in [-0.2, -0.15) is 0 Å². The number of hydrogen-bond donors (Lipinski definition) is 0.